The van der Waals surface area contributed by atoms with E-state index in [2.05, 4.69) is 36.8 Å². The van der Waals surface area contributed by atoms with Crippen molar-refractivity contribution in [1.29, 1.82) is 0 Å². The number of carbonyl (C=O) groups is 1. The van der Waals surface area contributed by atoms with Crippen LogP contribution in [0.4, 0.5) is 4.39 Å². The monoisotopic (exact) mass is 797 g/mol. The van der Waals surface area contributed by atoms with Gasteiger partial charge in [0.05, 0.1) is 64.2 Å². The molecule has 4 saturated carbocycles. The number of aliphatic hydroxyl groups is 2. The average molecular weight is 798 g/mol. The van der Waals surface area contributed by atoms with E-state index >= 15 is 0 Å². The molecule has 1 aliphatic heterocycles. The minimum Gasteiger partial charge on any atom is -0.748 e. The minimum absolute atomic E-state index is 0. The van der Waals surface area contributed by atoms with Gasteiger partial charge in [-0.15, -0.1) is 0 Å². The zero-order valence-corrected chi connectivity index (χ0v) is 32.1. The number of halogens is 1. The van der Waals surface area contributed by atoms with E-state index in [1.165, 1.54) is 0 Å². The van der Waals surface area contributed by atoms with E-state index in [9.17, 15) is 63.4 Å². The molecule has 8 N–H and O–H groups in total. The van der Waals surface area contributed by atoms with Gasteiger partial charge in [-0.1, -0.05) is 6.42 Å². The van der Waals surface area contributed by atoms with Gasteiger partial charge in [0.25, 0.3) is 0 Å². The number of aliphatic hydroxyl groups excluding tert-OH is 2. The Morgan fingerprint density at radius 3 is 1.94 bits per heavy atom. The fourth-order valence-electron chi connectivity index (χ4n) is 8.36. The maximum absolute atomic E-state index is 14.0. The first-order valence-electron chi connectivity index (χ1n) is 16.5. The van der Waals surface area contributed by atoms with E-state index in [-0.39, 0.29) is 102 Å². The van der Waals surface area contributed by atoms with E-state index in [0.29, 0.717) is 12.8 Å². The van der Waals surface area contributed by atoms with Gasteiger partial charge in [-0.2, -0.15) is 10.2 Å². The van der Waals surface area contributed by atoms with Gasteiger partial charge in [0.2, 0.25) is 0 Å². The molecular weight excluding hydrogens is 754 g/mol. The Labute approximate surface area is 344 Å². The summed E-state index contributed by atoms with van der Waals surface area (Å²) in [5, 5.41) is 49.8. The van der Waals surface area contributed by atoms with Crippen LogP contribution >= 0.6 is 0 Å². The molecule has 0 aromatic carbocycles. The number of alkyl halides is 1. The first kappa shape index (κ1) is 49.4. The molecule has 15 unspecified atom stereocenters. The first-order valence-corrected chi connectivity index (χ1v) is 20.9. The van der Waals surface area contributed by atoms with Crippen LogP contribution in [0, 0.1) is 17.8 Å². The third kappa shape index (κ3) is 12.6. The van der Waals surface area contributed by atoms with Gasteiger partial charge in [0.1, 0.15) is 24.8 Å². The molecule has 20 nitrogen and oxygen atoms in total. The van der Waals surface area contributed by atoms with Gasteiger partial charge in [0, 0.05) is 18.0 Å². The Morgan fingerprint density at radius 2 is 1.36 bits per heavy atom. The number of nitrogens with one attached hydrogen (secondary N) is 5. The van der Waals surface area contributed by atoms with Gasteiger partial charge in [-0.05, 0) is 63.7 Å². The molecule has 4 aliphatic carbocycles. The van der Waals surface area contributed by atoms with Crippen LogP contribution in [-0.2, 0) is 35.1 Å². The number of carboxylic acid groups (broad SMARTS) is 1. The molecule has 1 saturated heterocycles. The maximum Gasteiger partial charge on any atom is 1.00 e. The molecule has 0 amide bonds. The number of aliphatic carboxylic acids is 1. The standard InChI is InChI=1S/C26H46FN7O13S3.3Li/c27-12-4-5-17(16(8-12)23(36)37)33-34-21-19(50(45,46)47)7-11-6-15(49(42,43)44)10-18(20(11)22(21)35)29-25-30-24(31-26(38)32-25)28-13-2-1-3-14(9-13)48(39,40)41;;;/h11-22,24-26,28-32,35,38H,1-10H2,(H,36,37)(H,39,40,41)(H,42,43,44)(H,45,46,47);;;/q;3*+1/p-3. The summed E-state index contributed by atoms with van der Waals surface area (Å²) in [4.78, 5) is 11.8. The van der Waals surface area contributed by atoms with Crippen molar-refractivity contribution in [2.75, 3.05) is 0 Å². The second-order valence-corrected chi connectivity index (χ2v) is 18.9. The quantitative estimate of drug-likeness (QED) is 0.0578. The van der Waals surface area contributed by atoms with Crippen molar-refractivity contribution < 1.29 is 120 Å². The molecule has 1 heterocycles. The molecule has 53 heavy (non-hydrogen) atoms. The van der Waals surface area contributed by atoms with Crippen LogP contribution < -0.4 is 83.2 Å². The summed E-state index contributed by atoms with van der Waals surface area (Å²) in [5.41, 5.74) is 0. The van der Waals surface area contributed by atoms with Crippen molar-refractivity contribution in [2.24, 2.45) is 28.0 Å². The number of hydrogen-bond donors (Lipinski definition) is 8. The van der Waals surface area contributed by atoms with Crippen LogP contribution in [-0.4, -0.2) is 131 Å². The van der Waals surface area contributed by atoms with Crippen molar-refractivity contribution in [3.63, 3.8) is 0 Å². The average Bonchev–Trinajstić information content (AvgIpc) is 2.99. The molecule has 0 aromatic heterocycles. The van der Waals surface area contributed by atoms with E-state index in [1.807, 2.05) is 0 Å². The van der Waals surface area contributed by atoms with Crippen LogP contribution in [0.15, 0.2) is 10.2 Å². The SMILES string of the molecule is O=C(O)C1CC(F)CCC1N=NC1C(O)C2C(CC(S(=O)(=O)[O-])CC2NC2NC(O)NC(NC3CCCC(S(=O)(=O)[O-])C3)N2)CC1S(=O)(=O)[O-].[Li+].[Li+].[Li+]. The van der Waals surface area contributed by atoms with Gasteiger partial charge in [-0.25, -0.2) is 29.6 Å². The van der Waals surface area contributed by atoms with E-state index in [1.54, 1.807) is 0 Å². The number of carboxylic acids is 1. The molecular formula is C26H43FLi3N7O13S3. The molecule has 27 heteroatoms. The maximum atomic E-state index is 14.0. The fourth-order valence-corrected chi connectivity index (χ4v) is 11.2. The summed E-state index contributed by atoms with van der Waals surface area (Å²) in [5.74, 6) is -4.63. The summed E-state index contributed by atoms with van der Waals surface area (Å²) in [6.07, 6.45) is -6.91. The van der Waals surface area contributed by atoms with Crippen LogP contribution in [0.2, 0.25) is 0 Å². The number of nitrogens with zero attached hydrogens (tertiary/aromatic N) is 2. The third-order valence-corrected chi connectivity index (χ3v) is 14.4. The molecule has 5 fully saturated rings. The molecule has 5 rings (SSSR count). The zero-order chi connectivity index (χ0) is 36.8. The molecule has 288 valence electrons. The van der Waals surface area contributed by atoms with Crippen molar-refractivity contribution in [2.45, 2.75) is 135 Å². The summed E-state index contributed by atoms with van der Waals surface area (Å²) in [6.45, 7) is 0. The van der Waals surface area contributed by atoms with Gasteiger partial charge >= 0.3 is 62.6 Å². The van der Waals surface area contributed by atoms with E-state index in [0.717, 1.165) is 0 Å². The van der Waals surface area contributed by atoms with E-state index in [4.69, 9.17) is 0 Å². The van der Waals surface area contributed by atoms with Gasteiger partial charge in [-0.3, -0.25) is 31.4 Å². The Bertz CT molecular complexity index is 1610. The largest absolute Gasteiger partial charge is 1.00 e. The predicted octanol–water partition coefficient (Wildman–Crippen LogP) is -11.9. The Balaban J connectivity index is 0.00000324. The third-order valence-electron chi connectivity index (χ3n) is 10.7. The predicted molar refractivity (Wildman–Crippen MR) is 165 cm³/mol. The zero-order valence-electron chi connectivity index (χ0n) is 29.7. The second-order valence-electron chi connectivity index (χ2n) is 14.0. The number of rotatable bonds is 10. The molecule has 0 bridgehead atoms. The van der Waals surface area contributed by atoms with Crippen molar-refractivity contribution in [1.82, 2.24) is 26.6 Å². The molecule has 15 atom stereocenters. The van der Waals surface area contributed by atoms with E-state index < -0.39 is 132 Å². The Kier molecular flexibility index (Phi) is 18.4. The summed E-state index contributed by atoms with van der Waals surface area (Å²) in [7, 11) is -14.7. The van der Waals surface area contributed by atoms with Crippen LogP contribution in [0.5, 0.6) is 0 Å². The molecule has 0 aromatic rings. The second kappa shape index (κ2) is 19.8. The van der Waals surface area contributed by atoms with Crippen LogP contribution in [0.1, 0.15) is 64.2 Å². The first-order chi connectivity index (χ1) is 23.2. The summed E-state index contributed by atoms with van der Waals surface area (Å²) in [6, 6.07) is -4.27. The fraction of sp³-hybridized carbons (Fsp3) is 0.962. The van der Waals surface area contributed by atoms with Gasteiger partial charge < -0.3 is 29.0 Å². The minimum atomic E-state index is -5.21. The van der Waals surface area contributed by atoms with Gasteiger partial charge in [0.15, 0.2) is 6.35 Å². The number of hydrogen-bond acceptors (Lipinski definition) is 19. The summed E-state index contributed by atoms with van der Waals surface area (Å²) >= 11 is 0. The van der Waals surface area contributed by atoms with Crippen molar-refractivity contribution >= 4 is 36.3 Å². The van der Waals surface area contributed by atoms with Crippen LogP contribution in [0.25, 0.3) is 0 Å². The molecule has 0 spiro atoms. The van der Waals surface area contributed by atoms with Crippen molar-refractivity contribution in [3.8, 4) is 0 Å². The molecule has 0 radical (unpaired) electrons. The Hall–Kier alpha value is 0.242. The summed E-state index contributed by atoms with van der Waals surface area (Å²) < 4.78 is 123. The smallest absolute Gasteiger partial charge is 0.748 e. The Morgan fingerprint density at radius 1 is 0.736 bits per heavy atom. The van der Waals surface area contributed by atoms with Crippen LogP contribution in [0.3, 0.4) is 0 Å². The normalized spacial score (nSPS) is 41.2. The molecule has 5 aliphatic rings. The number of azo groups is 1. The number of fused-ring (bicyclic) bond motifs is 1. The van der Waals surface area contributed by atoms with Crippen molar-refractivity contribution in [3.05, 3.63) is 0 Å². The topological polar surface area (TPSA) is 334 Å².